The minimum Gasteiger partial charge on any atom is -0.309 e. The molecule has 1 N–H and O–H groups in total. The molecule has 0 aliphatic carbocycles. The molecular formula is C18H22FN. The van der Waals surface area contributed by atoms with Crippen LogP contribution in [-0.4, -0.2) is 6.54 Å². The summed E-state index contributed by atoms with van der Waals surface area (Å²) in [5, 5.41) is 3.44. The lowest BCUT2D eigenvalue weighted by atomic mass is 9.74. The van der Waals surface area contributed by atoms with Crippen molar-refractivity contribution in [2.75, 3.05) is 6.54 Å². The van der Waals surface area contributed by atoms with Crippen LogP contribution in [-0.2, 0) is 5.41 Å². The van der Waals surface area contributed by atoms with Crippen molar-refractivity contribution in [1.29, 1.82) is 0 Å². The Morgan fingerprint density at radius 1 is 1.00 bits per heavy atom. The van der Waals surface area contributed by atoms with Crippen LogP contribution in [0.5, 0.6) is 0 Å². The Labute approximate surface area is 120 Å². The first-order valence-electron chi connectivity index (χ1n) is 7.10. The van der Waals surface area contributed by atoms with Gasteiger partial charge in [0.1, 0.15) is 5.82 Å². The lowest BCUT2D eigenvalue weighted by molar-refractivity contribution is 0.344. The molecule has 1 unspecified atom stereocenters. The normalized spacial score (nSPS) is 13.2. The molecule has 1 atom stereocenters. The van der Waals surface area contributed by atoms with Crippen LogP contribution in [0.1, 0.15) is 37.9 Å². The lowest BCUT2D eigenvalue weighted by Crippen LogP contribution is -2.38. The van der Waals surface area contributed by atoms with Crippen molar-refractivity contribution < 1.29 is 4.39 Å². The molecule has 0 amide bonds. The van der Waals surface area contributed by atoms with E-state index < -0.39 is 0 Å². The summed E-state index contributed by atoms with van der Waals surface area (Å²) in [6.45, 7) is 7.16. The molecule has 0 heterocycles. The molecule has 0 saturated heterocycles. The quantitative estimate of drug-likeness (QED) is 0.847. The fourth-order valence-corrected chi connectivity index (χ4v) is 2.70. The van der Waals surface area contributed by atoms with Gasteiger partial charge in [0.15, 0.2) is 0 Å². The predicted octanol–water partition coefficient (Wildman–Crippen LogP) is 4.45. The van der Waals surface area contributed by atoms with Crippen LogP contribution in [0, 0.1) is 5.82 Å². The maximum Gasteiger partial charge on any atom is 0.128 e. The third-order valence-electron chi connectivity index (χ3n) is 3.86. The summed E-state index contributed by atoms with van der Waals surface area (Å²) in [4.78, 5) is 0. The van der Waals surface area contributed by atoms with E-state index in [1.165, 1.54) is 11.6 Å². The van der Waals surface area contributed by atoms with Crippen LogP contribution < -0.4 is 5.32 Å². The fourth-order valence-electron chi connectivity index (χ4n) is 2.70. The van der Waals surface area contributed by atoms with Gasteiger partial charge in [0.05, 0.1) is 0 Å². The van der Waals surface area contributed by atoms with Crippen LogP contribution in [0.4, 0.5) is 4.39 Å². The minimum atomic E-state index is -0.195. The Kier molecular flexibility index (Phi) is 4.56. The molecule has 0 aliphatic rings. The summed E-state index contributed by atoms with van der Waals surface area (Å²) in [5.74, 6) is -0.151. The van der Waals surface area contributed by atoms with Crippen LogP contribution in [0.3, 0.4) is 0 Å². The molecule has 2 heteroatoms. The maximum absolute atomic E-state index is 14.2. The van der Waals surface area contributed by atoms with Gasteiger partial charge < -0.3 is 5.32 Å². The summed E-state index contributed by atoms with van der Waals surface area (Å²) in [5.41, 5.74) is 1.73. The second-order valence-corrected chi connectivity index (χ2v) is 5.60. The van der Waals surface area contributed by atoms with Gasteiger partial charge in [-0.05, 0) is 18.2 Å². The van der Waals surface area contributed by atoms with Gasteiger partial charge in [-0.15, -0.1) is 0 Å². The van der Waals surface area contributed by atoms with Crippen LogP contribution in [0.15, 0.2) is 54.6 Å². The van der Waals surface area contributed by atoms with Gasteiger partial charge in [0.2, 0.25) is 0 Å². The molecule has 0 radical (unpaired) electrons. The Hall–Kier alpha value is -1.67. The summed E-state index contributed by atoms with van der Waals surface area (Å²) < 4.78 is 14.2. The number of hydrogen-bond donors (Lipinski definition) is 1. The van der Waals surface area contributed by atoms with Crippen molar-refractivity contribution >= 4 is 0 Å². The van der Waals surface area contributed by atoms with Crippen molar-refractivity contribution in [2.24, 2.45) is 0 Å². The van der Waals surface area contributed by atoms with Gasteiger partial charge in [0, 0.05) is 17.0 Å². The maximum atomic E-state index is 14.2. The van der Waals surface area contributed by atoms with E-state index >= 15 is 0 Å². The summed E-state index contributed by atoms with van der Waals surface area (Å²) in [6.07, 6.45) is 0. The number of nitrogens with one attached hydrogen (secondary N) is 1. The zero-order valence-electron chi connectivity index (χ0n) is 12.4. The minimum absolute atomic E-state index is 0.0592. The van der Waals surface area contributed by atoms with E-state index in [9.17, 15) is 4.39 Å². The molecule has 0 fully saturated rings. The molecule has 2 aromatic rings. The first-order chi connectivity index (χ1) is 9.57. The molecule has 2 rings (SSSR count). The highest BCUT2D eigenvalue weighted by atomic mass is 19.1. The van der Waals surface area contributed by atoms with Crippen molar-refractivity contribution in [3.63, 3.8) is 0 Å². The number of rotatable bonds is 5. The van der Waals surface area contributed by atoms with E-state index in [1.807, 2.05) is 30.3 Å². The van der Waals surface area contributed by atoms with Gasteiger partial charge in [-0.25, -0.2) is 4.39 Å². The third-order valence-corrected chi connectivity index (χ3v) is 3.86. The number of likely N-dealkylation sites (N-methyl/N-ethyl adjacent to an activating group) is 1. The second kappa shape index (κ2) is 6.19. The highest BCUT2D eigenvalue weighted by Gasteiger charge is 2.33. The Balaban J connectivity index is 2.45. The molecule has 2 aromatic carbocycles. The molecule has 1 nitrogen and oxygen atoms in total. The van der Waals surface area contributed by atoms with Crippen LogP contribution in [0.2, 0.25) is 0 Å². The van der Waals surface area contributed by atoms with E-state index in [0.29, 0.717) is 0 Å². The first kappa shape index (κ1) is 14.7. The molecule has 106 valence electrons. The summed E-state index contributed by atoms with van der Waals surface area (Å²) >= 11 is 0. The van der Waals surface area contributed by atoms with E-state index in [1.54, 1.807) is 6.07 Å². The zero-order chi connectivity index (χ0) is 14.6. The predicted molar refractivity (Wildman–Crippen MR) is 82.3 cm³/mol. The van der Waals surface area contributed by atoms with Crippen molar-refractivity contribution in [2.45, 2.75) is 32.2 Å². The molecule has 20 heavy (non-hydrogen) atoms. The molecule has 0 aliphatic heterocycles. The van der Waals surface area contributed by atoms with E-state index in [-0.39, 0.29) is 17.3 Å². The molecule has 0 saturated carbocycles. The standard InChI is InChI=1S/C18H22FN/c1-4-20-17(15-12-8-9-13-16(15)19)18(2,3)14-10-6-5-7-11-14/h5-13,17,20H,4H2,1-3H3. The van der Waals surface area contributed by atoms with Crippen molar-refractivity contribution in [3.8, 4) is 0 Å². The Morgan fingerprint density at radius 2 is 1.60 bits per heavy atom. The first-order valence-corrected chi connectivity index (χ1v) is 7.10. The Bertz CT molecular complexity index is 548. The van der Waals surface area contributed by atoms with E-state index in [4.69, 9.17) is 0 Å². The van der Waals surface area contributed by atoms with Crippen LogP contribution in [0.25, 0.3) is 0 Å². The number of benzene rings is 2. The average Bonchev–Trinajstić information content (AvgIpc) is 2.46. The molecule has 0 spiro atoms. The Morgan fingerprint density at radius 3 is 2.20 bits per heavy atom. The van der Waals surface area contributed by atoms with Gasteiger partial charge in [-0.2, -0.15) is 0 Å². The van der Waals surface area contributed by atoms with E-state index in [0.717, 1.165) is 12.1 Å². The average molecular weight is 271 g/mol. The summed E-state index contributed by atoms with van der Waals surface area (Å²) in [6, 6.07) is 17.2. The highest BCUT2D eigenvalue weighted by Crippen LogP contribution is 2.37. The zero-order valence-corrected chi connectivity index (χ0v) is 12.4. The lowest BCUT2D eigenvalue weighted by Gasteiger charge is -2.36. The highest BCUT2D eigenvalue weighted by molar-refractivity contribution is 5.32. The van der Waals surface area contributed by atoms with Gasteiger partial charge in [0.25, 0.3) is 0 Å². The van der Waals surface area contributed by atoms with Crippen molar-refractivity contribution in [3.05, 3.63) is 71.5 Å². The van der Waals surface area contributed by atoms with Gasteiger partial charge in [-0.1, -0.05) is 69.3 Å². The number of halogens is 1. The smallest absolute Gasteiger partial charge is 0.128 e. The van der Waals surface area contributed by atoms with Gasteiger partial charge >= 0.3 is 0 Å². The summed E-state index contributed by atoms with van der Waals surface area (Å²) in [7, 11) is 0. The van der Waals surface area contributed by atoms with Crippen LogP contribution >= 0.6 is 0 Å². The SMILES string of the molecule is CCNC(c1ccccc1F)C(C)(C)c1ccccc1. The molecule has 0 bridgehead atoms. The van der Waals surface area contributed by atoms with Gasteiger partial charge in [-0.3, -0.25) is 0 Å². The van der Waals surface area contributed by atoms with Crippen molar-refractivity contribution in [1.82, 2.24) is 5.32 Å². The second-order valence-electron chi connectivity index (χ2n) is 5.60. The largest absolute Gasteiger partial charge is 0.309 e. The third kappa shape index (κ3) is 2.91. The number of hydrogen-bond acceptors (Lipinski definition) is 1. The molecular weight excluding hydrogens is 249 g/mol. The molecule has 0 aromatic heterocycles. The topological polar surface area (TPSA) is 12.0 Å². The fraction of sp³-hybridized carbons (Fsp3) is 0.333. The van der Waals surface area contributed by atoms with E-state index in [2.05, 4.69) is 38.2 Å². The monoisotopic (exact) mass is 271 g/mol.